The number of hydrogen-bond acceptors (Lipinski definition) is 4. The van der Waals surface area contributed by atoms with E-state index in [1.54, 1.807) is 31.2 Å². The number of sulfonamides is 1. The Bertz CT molecular complexity index is 1250. The van der Waals surface area contributed by atoms with Crippen LogP contribution >= 0.6 is 11.6 Å². The van der Waals surface area contributed by atoms with Crippen LogP contribution in [0.5, 0.6) is 5.75 Å². The summed E-state index contributed by atoms with van der Waals surface area (Å²) >= 11 is 5.76. The molecule has 3 aromatic carbocycles. The summed E-state index contributed by atoms with van der Waals surface area (Å²) in [5.74, 6) is -1.04. The molecule has 6 nitrogen and oxygen atoms in total. The predicted octanol–water partition coefficient (Wildman–Crippen LogP) is 4.87. The van der Waals surface area contributed by atoms with Crippen molar-refractivity contribution in [2.75, 3.05) is 23.8 Å². The van der Waals surface area contributed by atoms with E-state index in [1.807, 2.05) is 0 Å². The molecule has 0 heterocycles. The number of carbonyl (C=O) groups excluding carboxylic acids is 1. The van der Waals surface area contributed by atoms with Gasteiger partial charge in [-0.15, -0.1) is 0 Å². The molecular weight excluding hydrogens is 443 g/mol. The first-order valence-electron chi connectivity index (χ1n) is 9.14. The van der Waals surface area contributed by atoms with Gasteiger partial charge in [0.2, 0.25) is 0 Å². The number of benzene rings is 3. The van der Waals surface area contributed by atoms with Gasteiger partial charge in [0.15, 0.2) is 5.82 Å². The quantitative estimate of drug-likeness (QED) is 0.566. The third-order valence-corrected chi connectivity index (χ3v) is 6.80. The Kier molecular flexibility index (Phi) is 6.52. The van der Waals surface area contributed by atoms with Crippen LogP contribution < -0.4 is 14.4 Å². The van der Waals surface area contributed by atoms with Gasteiger partial charge in [0.05, 0.1) is 28.4 Å². The number of ether oxygens (including phenoxy) is 1. The monoisotopic (exact) mass is 462 g/mol. The predicted molar refractivity (Wildman–Crippen MR) is 119 cm³/mol. The highest BCUT2D eigenvalue weighted by atomic mass is 35.5. The van der Waals surface area contributed by atoms with E-state index in [2.05, 4.69) is 5.32 Å². The summed E-state index contributed by atoms with van der Waals surface area (Å²) in [6.45, 7) is 1.66. The molecule has 0 aliphatic carbocycles. The molecule has 1 N–H and O–H groups in total. The number of rotatable bonds is 6. The topological polar surface area (TPSA) is 75.7 Å². The number of anilines is 2. The maximum absolute atomic E-state index is 14.2. The lowest BCUT2D eigenvalue weighted by Gasteiger charge is -2.22. The van der Waals surface area contributed by atoms with E-state index in [0.717, 1.165) is 4.31 Å². The van der Waals surface area contributed by atoms with Crippen molar-refractivity contribution >= 4 is 38.9 Å². The Morgan fingerprint density at radius 2 is 1.81 bits per heavy atom. The van der Waals surface area contributed by atoms with Gasteiger partial charge in [-0.3, -0.25) is 9.10 Å². The molecule has 3 rings (SSSR count). The van der Waals surface area contributed by atoms with E-state index in [9.17, 15) is 17.6 Å². The molecule has 0 saturated heterocycles. The summed E-state index contributed by atoms with van der Waals surface area (Å²) in [6.07, 6.45) is 0. The van der Waals surface area contributed by atoms with E-state index in [0.29, 0.717) is 17.0 Å². The zero-order valence-corrected chi connectivity index (χ0v) is 18.6. The molecule has 1 amide bonds. The molecule has 9 heteroatoms. The first-order chi connectivity index (χ1) is 14.7. The summed E-state index contributed by atoms with van der Waals surface area (Å²) in [5, 5.41) is 2.30. The number of para-hydroxylation sites is 2. The molecule has 162 valence electrons. The average molecular weight is 463 g/mol. The second-order valence-electron chi connectivity index (χ2n) is 6.68. The molecular formula is C22H20ClFN2O4S. The number of aryl methyl sites for hydroxylation is 1. The van der Waals surface area contributed by atoms with Gasteiger partial charge in [0.1, 0.15) is 5.75 Å². The van der Waals surface area contributed by atoms with E-state index in [1.165, 1.54) is 50.6 Å². The van der Waals surface area contributed by atoms with Crippen molar-refractivity contribution in [3.8, 4) is 5.75 Å². The number of nitrogens with one attached hydrogen (secondary N) is 1. The van der Waals surface area contributed by atoms with Crippen LogP contribution in [-0.4, -0.2) is 28.5 Å². The zero-order chi connectivity index (χ0) is 22.8. The Morgan fingerprint density at radius 3 is 2.52 bits per heavy atom. The minimum atomic E-state index is -4.01. The highest BCUT2D eigenvalue weighted by Gasteiger charge is 2.25. The Morgan fingerprint density at radius 1 is 1.10 bits per heavy atom. The fourth-order valence-electron chi connectivity index (χ4n) is 2.97. The van der Waals surface area contributed by atoms with Crippen LogP contribution in [0.25, 0.3) is 0 Å². The molecule has 0 bridgehead atoms. The summed E-state index contributed by atoms with van der Waals surface area (Å²) in [6, 6.07) is 15.1. The van der Waals surface area contributed by atoms with Gasteiger partial charge >= 0.3 is 0 Å². The van der Waals surface area contributed by atoms with Crippen LogP contribution in [-0.2, 0) is 10.0 Å². The standard InChI is InChI=1S/C22H20ClFN2O4S/c1-14-11-12-15(31(28,29)26(2)19-9-4-5-10-20(19)30-3)13-16(14)22(27)25-18-8-6-7-17(23)21(18)24/h4-13H,1-3H3,(H,25,27). The molecule has 0 aromatic heterocycles. The molecule has 31 heavy (non-hydrogen) atoms. The first-order valence-corrected chi connectivity index (χ1v) is 11.0. The Hall–Kier alpha value is -3.10. The molecule has 0 aliphatic heterocycles. The van der Waals surface area contributed by atoms with Crippen molar-refractivity contribution < 1.29 is 22.3 Å². The van der Waals surface area contributed by atoms with Crippen molar-refractivity contribution in [1.82, 2.24) is 0 Å². The summed E-state index contributed by atoms with van der Waals surface area (Å²) in [7, 11) is -1.16. The van der Waals surface area contributed by atoms with Gasteiger partial charge in [-0.05, 0) is 48.9 Å². The van der Waals surface area contributed by atoms with Crippen molar-refractivity contribution in [2.24, 2.45) is 0 Å². The van der Waals surface area contributed by atoms with Gasteiger partial charge < -0.3 is 10.1 Å². The lowest BCUT2D eigenvalue weighted by atomic mass is 10.1. The molecule has 0 fully saturated rings. The second kappa shape index (κ2) is 8.95. The SMILES string of the molecule is COc1ccccc1N(C)S(=O)(=O)c1ccc(C)c(C(=O)Nc2cccc(Cl)c2F)c1. The molecule has 0 atom stereocenters. The normalized spacial score (nSPS) is 11.1. The van der Waals surface area contributed by atoms with E-state index in [4.69, 9.17) is 16.3 Å². The van der Waals surface area contributed by atoms with Crippen molar-refractivity contribution in [3.63, 3.8) is 0 Å². The maximum Gasteiger partial charge on any atom is 0.264 e. The molecule has 3 aromatic rings. The van der Waals surface area contributed by atoms with E-state index < -0.39 is 21.7 Å². The number of hydrogen-bond donors (Lipinski definition) is 1. The maximum atomic E-state index is 14.2. The number of amides is 1. The van der Waals surface area contributed by atoms with Crippen LogP contribution in [0.15, 0.2) is 65.6 Å². The van der Waals surface area contributed by atoms with Crippen molar-refractivity contribution in [3.05, 3.63) is 82.6 Å². The smallest absolute Gasteiger partial charge is 0.264 e. The molecule has 0 saturated carbocycles. The van der Waals surface area contributed by atoms with Crippen molar-refractivity contribution in [2.45, 2.75) is 11.8 Å². The van der Waals surface area contributed by atoms with Gasteiger partial charge in [-0.1, -0.05) is 35.9 Å². The summed E-state index contributed by atoms with van der Waals surface area (Å²) < 4.78 is 46.9. The highest BCUT2D eigenvalue weighted by molar-refractivity contribution is 7.92. The zero-order valence-electron chi connectivity index (χ0n) is 17.0. The van der Waals surface area contributed by atoms with E-state index in [-0.39, 0.29) is 21.2 Å². The van der Waals surface area contributed by atoms with Crippen LogP contribution in [0.1, 0.15) is 15.9 Å². The summed E-state index contributed by atoms with van der Waals surface area (Å²) in [5.41, 5.74) is 0.863. The summed E-state index contributed by atoms with van der Waals surface area (Å²) in [4.78, 5) is 12.7. The number of halogens is 2. The van der Waals surface area contributed by atoms with Gasteiger partial charge in [0, 0.05) is 12.6 Å². The number of carbonyl (C=O) groups is 1. The number of methoxy groups -OCH3 is 1. The van der Waals surface area contributed by atoms with Gasteiger partial charge in [-0.25, -0.2) is 12.8 Å². The van der Waals surface area contributed by atoms with Gasteiger partial charge in [-0.2, -0.15) is 0 Å². The third kappa shape index (κ3) is 4.50. The Labute approximate surface area is 185 Å². The second-order valence-corrected chi connectivity index (χ2v) is 9.05. The lowest BCUT2D eigenvalue weighted by molar-refractivity contribution is 0.102. The van der Waals surface area contributed by atoms with Crippen LogP contribution in [0.3, 0.4) is 0 Å². The minimum absolute atomic E-state index is 0.0916. The minimum Gasteiger partial charge on any atom is -0.495 e. The molecule has 0 spiro atoms. The lowest BCUT2D eigenvalue weighted by Crippen LogP contribution is -2.27. The molecule has 0 aliphatic rings. The van der Waals surface area contributed by atoms with E-state index >= 15 is 0 Å². The fourth-order valence-corrected chi connectivity index (χ4v) is 4.38. The van der Waals surface area contributed by atoms with Crippen LogP contribution in [0.2, 0.25) is 5.02 Å². The molecule has 0 unspecified atom stereocenters. The van der Waals surface area contributed by atoms with Crippen LogP contribution in [0, 0.1) is 12.7 Å². The fraction of sp³-hybridized carbons (Fsp3) is 0.136. The van der Waals surface area contributed by atoms with Crippen molar-refractivity contribution in [1.29, 1.82) is 0 Å². The highest BCUT2D eigenvalue weighted by Crippen LogP contribution is 2.31. The van der Waals surface area contributed by atoms with Crippen LogP contribution in [0.4, 0.5) is 15.8 Å². The van der Waals surface area contributed by atoms with Gasteiger partial charge in [0.25, 0.3) is 15.9 Å². The largest absolute Gasteiger partial charge is 0.495 e. The Balaban J connectivity index is 1.98. The molecule has 0 radical (unpaired) electrons. The third-order valence-electron chi connectivity index (χ3n) is 4.74. The first kappa shape index (κ1) is 22.6. The average Bonchev–Trinajstić information content (AvgIpc) is 2.76. The number of nitrogens with zero attached hydrogens (tertiary/aromatic N) is 1.